The fourth-order valence-corrected chi connectivity index (χ4v) is 3.78. The average molecular weight is 379 g/mol. The van der Waals surface area contributed by atoms with E-state index in [4.69, 9.17) is 0 Å². The topological polar surface area (TPSA) is 69.6 Å². The van der Waals surface area contributed by atoms with Gasteiger partial charge in [-0.15, -0.1) is 0 Å². The van der Waals surface area contributed by atoms with Gasteiger partial charge < -0.3 is 14.7 Å². The number of piperidine rings is 1. The lowest BCUT2D eigenvalue weighted by Crippen LogP contribution is -2.49. The molecule has 0 unspecified atom stereocenters. The van der Waals surface area contributed by atoms with Gasteiger partial charge in [-0.3, -0.25) is 9.59 Å². The van der Waals surface area contributed by atoms with Gasteiger partial charge in [-0.25, -0.2) is 9.97 Å². The highest BCUT2D eigenvalue weighted by molar-refractivity contribution is 5.98. The van der Waals surface area contributed by atoms with Crippen molar-refractivity contribution >= 4 is 17.8 Å². The third kappa shape index (κ3) is 3.98. The van der Waals surface area contributed by atoms with Crippen molar-refractivity contribution in [2.75, 3.05) is 44.2 Å². The zero-order valence-corrected chi connectivity index (χ0v) is 16.0. The van der Waals surface area contributed by atoms with Crippen LogP contribution in [0.15, 0.2) is 42.7 Å². The van der Waals surface area contributed by atoms with Crippen molar-refractivity contribution in [3.05, 3.63) is 53.9 Å². The van der Waals surface area contributed by atoms with E-state index >= 15 is 0 Å². The van der Waals surface area contributed by atoms with Crippen LogP contribution in [-0.4, -0.2) is 70.9 Å². The summed E-state index contributed by atoms with van der Waals surface area (Å²) in [5, 5.41) is 0. The lowest BCUT2D eigenvalue weighted by atomic mass is 10.1. The molecule has 7 heteroatoms. The number of benzene rings is 1. The van der Waals surface area contributed by atoms with E-state index in [0.29, 0.717) is 43.3 Å². The molecule has 0 atom stereocenters. The second kappa shape index (κ2) is 8.37. The van der Waals surface area contributed by atoms with Gasteiger partial charge in [0, 0.05) is 62.8 Å². The second-order valence-corrected chi connectivity index (χ2v) is 7.26. The molecule has 2 aromatic rings. The van der Waals surface area contributed by atoms with Crippen LogP contribution in [-0.2, 0) is 0 Å². The first-order valence-electron chi connectivity index (χ1n) is 9.93. The number of rotatable bonds is 3. The Morgan fingerprint density at radius 1 is 0.679 bits per heavy atom. The maximum atomic E-state index is 12.8. The van der Waals surface area contributed by atoms with Crippen LogP contribution in [0.2, 0.25) is 0 Å². The van der Waals surface area contributed by atoms with Crippen LogP contribution in [0, 0.1) is 0 Å². The normalized spacial score (nSPS) is 17.5. The average Bonchev–Trinajstić information content (AvgIpc) is 2.79. The quantitative estimate of drug-likeness (QED) is 0.817. The van der Waals surface area contributed by atoms with E-state index < -0.39 is 0 Å². The summed E-state index contributed by atoms with van der Waals surface area (Å²) in [4.78, 5) is 39.8. The van der Waals surface area contributed by atoms with Gasteiger partial charge >= 0.3 is 0 Å². The van der Waals surface area contributed by atoms with E-state index in [1.54, 1.807) is 42.7 Å². The summed E-state index contributed by atoms with van der Waals surface area (Å²) < 4.78 is 0. The lowest BCUT2D eigenvalue weighted by molar-refractivity contribution is 0.0719. The van der Waals surface area contributed by atoms with E-state index in [-0.39, 0.29) is 11.8 Å². The van der Waals surface area contributed by atoms with Gasteiger partial charge in [0.15, 0.2) is 0 Å². The molecule has 2 aliphatic heterocycles. The zero-order valence-electron chi connectivity index (χ0n) is 16.0. The first kappa shape index (κ1) is 18.4. The molecule has 28 heavy (non-hydrogen) atoms. The zero-order chi connectivity index (χ0) is 19.3. The van der Waals surface area contributed by atoms with E-state index in [9.17, 15) is 9.59 Å². The molecule has 0 radical (unpaired) electrons. The SMILES string of the molecule is O=C(c1ccc(C(=O)N2CCN(c3ncccn3)CC2)cc1)N1CCCCC1. The molecule has 0 spiro atoms. The third-order valence-corrected chi connectivity index (χ3v) is 5.42. The van der Waals surface area contributed by atoms with Crippen molar-refractivity contribution < 1.29 is 9.59 Å². The van der Waals surface area contributed by atoms with Gasteiger partial charge in [0.1, 0.15) is 0 Å². The Hall–Kier alpha value is -2.96. The van der Waals surface area contributed by atoms with Crippen molar-refractivity contribution in [2.24, 2.45) is 0 Å². The summed E-state index contributed by atoms with van der Waals surface area (Å²) in [6.07, 6.45) is 6.80. The number of hydrogen-bond acceptors (Lipinski definition) is 5. The number of carbonyl (C=O) groups is 2. The van der Waals surface area contributed by atoms with Crippen LogP contribution in [0.3, 0.4) is 0 Å². The van der Waals surface area contributed by atoms with Crippen LogP contribution in [0.1, 0.15) is 40.0 Å². The molecule has 146 valence electrons. The Bertz CT molecular complexity index is 810. The summed E-state index contributed by atoms with van der Waals surface area (Å²) in [5.74, 6) is 0.774. The first-order chi connectivity index (χ1) is 13.7. The molecule has 0 saturated carbocycles. The summed E-state index contributed by atoms with van der Waals surface area (Å²) in [6, 6.07) is 8.89. The molecule has 3 heterocycles. The van der Waals surface area contributed by atoms with Gasteiger partial charge in [0.25, 0.3) is 11.8 Å². The number of anilines is 1. The van der Waals surface area contributed by atoms with Crippen LogP contribution in [0.4, 0.5) is 5.95 Å². The van der Waals surface area contributed by atoms with Crippen LogP contribution in [0.5, 0.6) is 0 Å². The number of piperazine rings is 1. The van der Waals surface area contributed by atoms with Gasteiger partial charge in [0.05, 0.1) is 0 Å². The number of nitrogens with zero attached hydrogens (tertiary/aromatic N) is 5. The Morgan fingerprint density at radius 3 is 1.71 bits per heavy atom. The van der Waals surface area contributed by atoms with Crippen LogP contribution < -0.4 is 4.90 Å². The maximum Gasteiger partial charge on any atom is 0.253 e. The molecular formula is C21H25N5O2. The number of amides is 2. The van der Waals surface area contributed by atoms with Crippen LogP contribution >= 0.6 is 0 Å². The largest absolute Gasteiger partial charge is 0.339 e. The Morgan fingerprint density at radius 2 is 1.18 bits per heavy atom. The minimum atomic E-state index is 0.00519. The molecule has 7 nitrogen and oxygen atoms in total. The van der Waals surface area contributed by atoms with Gasteiger partial charge in [-0.2, -0.15) is 0 Å². The van der Waals surface area contributed by atoms with Crippen molar-refractivity contribution in [1.29, 1.82) is 0 Å². The van der Waals surface area contributed by atoms with Crippen LogP contribution in [0.25, 0.3) is 0 Å². The fourth-order valence-electron chi connectivity index (χ4n) is 3.78. The predicted octanol–water partition coefficient (Wildman–Crippen LogP) is 2.07. The molecule has 4 rings (SSSR count). The molecule has 1 aromatic carbocycles. The molecule has 0 bridgehead atoms. The maximum absolute atomic E-state index is 12.8. The number of likely N-dealkylation sites (tertiary alicyclic amines) is 1. The Balaban J connectivity index is 1.35. The lowest BCUT2D eigenvalue weighted by Gasteiger charge is -2.34. The van der Waals surface area contributed by atoms with Crippen molar-refractivity contribution in [2.45, 2.75) is 19.3 Å². The predicted molar refractivity (Wildman–Crippen MR) is 106 cm³/mol. The highest BCUT2D eigenvalue weighted by Crippen LogP contribution is 2.16. The molecule has 0 N–H and O–H groups in total. The van der Waals surface area contributed by atoms with Gasteiger partial charge in [0.2, 0.25) is 5.95 Å². The highest BCUT2D eigenvalue weighted by Gasteiger charge is 2.24. The summed E-state index contributed by atoms with van der Waals surface area (Å²) in [5.41, 5.74) is 1.28. The standard InChI is InChI=1S/C21H25N5O2/c27-19(24-11-2-1-3-12-24)17-5-7-18(8-6-17)20(28)25-13-15-26(16-14-25)21-22-9-4-10-23-21/h4-10H,1-3,11-16H2. The molecule has 2 amide bonds. The molecular weight excluding hydrogens is 354 g/mol. The molecule has 1 aromatic heterocycles. The molecule has 2 saturated heterocycles. The highest BCUT2D eigenvalue weighted by atomic mass is 16.2. The van der Waals surface area contributed by atoms with Crippen molar-refractivity contribution in [1.82, 2.24) is 19.8 Å². The smallest absolute Gasteiger partial charge is 0.253 e. The number of aromatic nitrogens is 2. The monoisotopic (exact) mass is 379 g/mol. The summed E-state index contributed by atoms with van der Waals surface area (Å²) >= 11 is 0. The van der Waals surface area contributed by atoms with E-state index in [0.717, 1.165) is 25.9 Å². The fraction of sp³-hybridized carbons (Fsp3) is 0.429. The summed E-state index contributed by atoms with van der Waals surface area (Å²) in [7, 11) is 0. The Labute approximate surface area is 165 Å². The molecule has 2 fully saturated rings. The Kier molecular flexibility index (Phi) is 5.50. The van der Waals surface area contributed by atoms with Gasteiger partial charge in [-0.1, -0.05) is 0 Å². The van der Waals surface area contributed by atoms with E-state index in [2.05, 4.69) is 14.9 Å². The second-order valence-electron chi connectivity index (χ2n) is 7.26. The van der Waals surface area contributed by atoms with E-state index in [1.165, 1.54) is 6.42 Å². The number of hydrogen-bond donors (Lipinski definition) is 0. The van der Waals surface area contributed by atoms with E-state index in [1.807, 2.05) is 9.80 Å². The molecule has 2 aliphatic rings. The third-order valence-electron chi connectivity index (χ3n) is 5.42. The first-order valence-corrected chi connectivity index (χ1v) is 9.93. The van der Waals surface area contributed by atoms with Gasteiger partial charge in [-0.05, 0) is 49.6 Å². The summed E-state index contributed by atoms with van der Waals surface area (Å²) in [6.45, 7) is 4.34. The minimum absolute atomic E-state index is 0.00519. The van der Waals surface area contributed by atoms with Crippen molar-refractivity contribution in [3.63, 3.8) is 0 Å². The minimum Gasteiger partial charge on any atom is -0.339 e. The number of carbonyl (C=O) groups excluding carboxylic acids is 2. The van der Waals surface area contributed by atoms with Crippen molar-refractivity contribution in [3.8, 4) is 0 Å². The molecule has 0 aliphatic carbocycles.